The second-order valence-electron chi connectivity index (χ2n) is 4.84. The van der Waals surface area contributed by atoms with Gasteiger partial charge in [0.2, 0.25) is 10.0 Å². The number of aliphatic hydroxyl groups is 2. The lowest BCUT2D eigenvalue weighted by Crippen LogP contribution is -2.37. The monoisotopic (exact) mass is 285 g/mol. The molecule has 5 nitrogen and oxygen atoms in total. The van der Waals surface area contributed by atoms with Gasteiger partial charge >= 0.3 is 0 Å². The highest BCUT2D eigenvalue weighted by Crippen LogP contribution is 2.27. The normalized spacial score (nSPS) is 22.6. The SMILES string of the molecule is CC(O)c1cccc(S(=O)(=O)N2CCCC2CO)c1. The average Bonchev–Trinajstić information content (AvgIpc) is 2.88. The van der Waals surface area contributed by atoms with Crippen molar-refractivity contribution in [1.82, 2.24) is 4.31 Å². The van der Waals surface area contributed by atoms with Crippen LogP contribution >= 0.6 is 0 Å². The first kappa shape index (κ1) is 14.5. The fourth-order valence-electron chi connectivity index (χ4n) is 2.38. The van der Waals surface area contributed by atoms with E-state index in [2.05, 4.69) is 0 Å². The van der Waals surface area contributed by atoms with Crippen molar-refractivity contribution in [2.75, 3.05) is 13.2 Å². The lowest BCUT2D eigenvalue weighted by Gasteiger charge is -2.22. The highest BCUT2D eigenvalue weighted by atomic mass is 32.2. The topological polar surface area (TPSA) is 77.8 Å². The fraction of sp³-hybridized carbons (Fsp3) is 0.538. The standard InChI is InChI=1S/C13H19NO4S/c1-10(16)11-4-2-6-13(8-11)19(17,18)14-7-3-5-12(14)9-15/h2,4,6,8,10,12,15-16H,3,5,7,9H2,1H3. The molecule has 0 aliphatic carbocycles. The largest absolute Gasteiger partial charge is 0.395 e. The summed E-state index contributed by atoms with van der Waals surface area (Å²) >= 11 is 0. The van der Waals surface area contributed by atoms with Gasteiger partial charge in [-0.3, -0.25) is 0 Å². The summed E-state index contributed by atoms with van der Waals surface area (Å²) in [4.78, 5) is 0.172. The molecule has 1 fully saturated rings. The number of aliphatic hydroxyl groups excluding tert-OH is 2. The van der Waals surface area contributed by atoms with E-state index in [1.807, 2.05) is 0 Å². The molecule has 0 amide bonds. The summed E-state index contributed by atoms with van der Waals surface area (Å²) in [6, 6.07) is 6.00. The van der Waals surface area contributed by atoms with Crippen LogP contribution in [0.1, 0.15) is 31.4 Å². The predicted molar refractivity (Wildman–Crippen MR) is 71.1 cm³/mol. The lowest BCUT2D eigenvalue weighted by molar-refractivity contribution is 0.199. The Morgan fingerprint density at radius 3 is 2.84 bits per heavy atom. The number of rotatable bonds is 4. The molecule has 2 N–H and O–H groups in total. The summed E-state index contributed by atoms with van der Waals surface area (Å²) in [5, 5.41) is 18.8. The minimum absolute atomic E-state index is 0.157. The van der Waals surface area contributed by atoms with E-state index < -0.39 is 16.1 Å². The van der Waals surface area contributed by atoms with Gasteiger partial charge in [0.1, 0.15) is 0 Å². The van der Waals surface area contributed by atoms with Gasteiger partial charge in [-0.1, -0.05) is 12.1 Å². The first-order chi connectivity index (χ1) is 8.96. The van der Waals surface area contributed by atoms with E-state index >= 15 is 0 Å². The van der Waals surface area contributed by atoms with E-state index in [1.165, 1.54) is 16.4 Å². The van der Waals surface area contributed by atoms with E-state index in [0.29, 0.717) is 18.5 Å². The third-order valence-corrected chi connectivity index (χ3v) is 5.43. The number of nitrogens with zero attached hydrogens (tertiary/aromatic N) is 1. The van der Waals surface area contributed by atoms with Crippen LogP contribution in [0.25, 0.3) is 0 Å². The molecule has 2 atom stereocenters. The number of hydrogen-bond donors (Lipinski definition) is 2. The molecule has 0 spiro atoms. The van der Waals surface area contributed by atoms with Crippen molar-refractivity contribution in [3.8, 4) is 0 Å². The smallest absolute Gasteiger partial charge is 0.243 e. The number of hydrogen-bond acceptors (Lipinski definition) is 4. The maximum absolute atomic E-state index is 12.5. The van der Waals surface area contributed by atoms with Crippen LogP contribution in [-0.4, -0.2) is 42.1 Å². The quantitative estimate of drug-likeness (QED) is 0.861. The average molecular weight is 285 g/mol. The second kappa shape index (κ2) is 5.58. The van der Waals surface area contributed by atoms with E-state index in [0.717, 1.165) is 6.42 Å². The third kappa shape index (κ3) is 2.81. The molecule has 2 rings (SSSR count). The van der Waals surface area contributed by atoms with Gasteiger partial charge in [0.25, 0.3) is 0 Å². The van der Waals surface area contributed by atoms with Gasteiger partial charge < -0.3 is 10.2 Å². The lowest BCUT2D eigenvalue weighted by atomic mass is 10.1. The van der Waals surface area contributed by atoms with Crippen molar-refractivity contribution in [2.45, 2.75) is 36.8 Å². The van der Waals surface area contributed by atoms with Crippen molar-refractivity contribution in [3.05, 3.63) is 29.8 Å². The van der Waals surface area contributed by atoms with Crippen molar-refractivity contribution in [2.24, 2.45) is 0 Å². The van der Waals surface area contributed by atoms with Gasteiger partial charge in [-0.05, 0) is 37.5 Å². The molecule has 1 saturated heterocycles. The summed E-state index contributed by atoms with van der Waals surface area (Å²) in [5.41, 5.74) is 0.570. The van der Waals surface area contributed by atoms with Crippen LogP contribution in [0.3, 0.4) is 0 Å². The van der Waals surface area contributed by atoms with Gasteiger partial charge in [-0.2, -0.15) is 4.31 Å². The van der Waals surface area contributed by atoms with E-state index in [1.54, 1.807) is 19.1 Å². The Balaban J connectivity index is 2.36. The molecule has 1 heterocycles. The molecule has 0 saturated carbocycles. The molecule has 19 heavy (non-hydrogen) atoms. The zero-order valence-corrected chi connectivity index (χ0v) is 11.7. The highest BCUT2D eigenvalue weighted by Gasteiger charge is 2.34. The Morgan fingerprint density at radius 1 is 1.47 bits per heavy atom. The van der Waals surface area contributed by atoms with Crippen LogP contribution in [-0.2, 0) is 10.0 Å². The van der Waals surface area contributed by atoms with Gasteiger partial charge in [-0.25, -0.2) is 8.42 Å². The maximum atomic E-state index is 12.5. The molecule has 1 aromatic rings. The minimum Gasteiger partial charge on any atom is -0.395 e. The van der Waals surface area contributed by atoms with E-state index in [9.17, 15) is 18.6 Å². The third-order valence-electron chi connectivity index (χ3n) is 3.48. The zero-order valence-electron chi connectivity index (χ0n) is 10.9. The molecule has 106 valence electrons. The maximum Gasteiger partial charge on any atom is 0.243 e. The van der Waals surface area contributed by atoms with Gasteiger partial charge in [0.15, 0.2) is 0 Å². The highest BCUT2D eigenvalue weighted by molar-refractivity contribution is 7.89. The Bertz CT molecular complexity index is 541. The van der Waals surface area contributed by atoms with Crippen LogP contribution in [0.2, 0.25) is 0 Å². The molecule has 6 heteroatoms. The number of sulfonamides is 1. The molecule has 0 radical (unpaired) electrons. The predicted octanol–water partition coefficient (Wildman–Crippen LogP) is 0.885. The Labute approximate surface area is 113 Å². The Kier molecular flexibility index (Phi) is 4.25. The zero-order chi connectivity index (χ0) is 14.0. The molecule has 0 aromatic heterocycles. The van der Waals surface area contributed by atoms with Gasteiger partial charge in [0, 0.05) is 12.6 Å². The summed E-state index contributed by atoms with van der Waals surface area (Å²) in [7, 11) is -3.59. The van der Waals surface area contributed by atoms with Crippen molar-refractivity contribution in [3.63, 3.8) is 0 Å². The second-order valence-corrected chi connectivity index (χ2v) is 6.73. The molecular weight excluding hydrogens is 266 g/mol. The van der Waals surface area contributed by atoms with Crippen molar-refractivity contribution in [1.29, 1.82) is 0 Å². The summed E-state index contributed by atoms with van der Waals surface area (Å²) < 4.78 is 26.4. The van der Waals surface area contributed by atoms with Crippen LogP contribution in [0.15, 0.2) is 29.2 Å². The van der Waals surface area contributed by atoms with E-state index in [-0.39, 0.29) is 17.5 Å². The molecule has 1 aromatic carbocycles. The molecule has 2 unspecified atom stereocenters. The van der Waals surface area contributed by atoms with Crippen LogP contribution in [0.4, 0.5) is 0 Å². The molecule has 0 bridgehead atoms. The van der Waals surface area contributed by atoms with Crippen molar-refractivity contribution >= 4 is 10.0 Å². The van der Waals surface area contributed by atoms with Gasteiger partial charge in [-0.15, -0.1) is 0 Å². The Morgan fingerprint density at radius 2 is 2.21 bits per heavy atom. The van der Waals surface area contributed by atoms with Crippen molar-refractivity contribution < 1.29 is 18.6 Å². The fourth-order valence-corrected chi connectivity index (χ4v) is 4.12. The van der Waals surface area contributed by atoms with Crippen LogP contribution < -0.4 is 0 Å². The summed E-state index contributed by atoms with van der Waals surface area (Å²) in [6.07, 6.45) is 0.745. The molecule has 1 aliphatic rings. The minimum atomic E-state index is -3.59. The first-order valence-corrected chi connectivity index (χ1v) is 7.81. The van der Waals surface area contributed by atoms with E-state index in [4.69, 9.17) is 0 Å². The summed E-state index contributed by atoms with van der Waals surface area (Å²) in [5.74, 6) is 0. The van der Waals surface area contributed by atoms with Gasteiger partial charge in [0.05, 0.1) is 17.6 Å². The molecule has 1 aliphatic heterocycles. The molecular formula is C13H19NO4S. The summed E-state index contributed by atoms with van der Waals surface area (Å²) in [6.45, 7) is 1.87. The van der Waals surface area contributed by atoms with Crippen LogP contribution in [0.5, 0.6) is 0 Å². The number of benzene rings is 1. The first-order valence-electron chi connectivity index (χ1n) is 6.37. The van der Waals surface area contributed by atoms with Crippen LogP contribution in [0, 0.1) is 0 Å². The Hall–Kier alpha value is -0.950.